The van der Waals surface area contributed by atoms with Gasteiger partial charge in [0.25, 0.3) is 0 Å². The first-order valence-corrected chi connectivity index (χ1v) is 9.37. The van der Waals surface area contributed by atoms with E-state index in [0.29, 0.717) is 24.7 Å². The molecular weight excluding hydrogens is 334 g/mol. The Hall–Kier alpha value is -2.47. The molecule has 1 aliphatic rings. The molecule has 0 spiro atoms. The van der Waals surface area contributed by atoms with Crippen LogP contribution in [0.15, 0.2) is 52.4 Å². The summed E-state index contributed by atoms with van der Waals surface area (Å²) in [4.78, 5) is 20.1. The number of aromatic nitrogens is 2. The van der Waals surface area contributed by atoms with Crippen molar-refractivity contribution in [1.82, 2.24) is 15.0 Å². The number of piperidine rings is 1. The van der Waals surface area contributed by atoms with Gasteiger partial charge in [-0.15, -0.1) is 11.3 Å². The molecule has 1 amide bonds. The zero-order valence-corrected chi connectivity index (χ0v) is 14.6. The molecule has 1 aromatic carbocycles. The van der Waals surface area contributed by atoms with Crippen LogP contribution in [-0.4, -0.2) is 34.0 Å². The third kappa shape index (κ3) is 3.64. The molecule has 1 saturated heterocycles. The van der Waals surface area contributed by atoms with Gasteiger partial charge >= 0.3 is 0 Å². The number of nitrogens with zero attached hydrogens (tertiary/aromatic N) is 3. The lowest BCUT2D eigenvalue weighted by Gasteiger charge is -2.31. The SMILES string of the molecule is O=C(Cc1ccccc1)N1CCCC(c2nc(-c3cccs3)no2)C1. The predicted octanol–water partition coefficient (Wildman–Crippen LogP) is 3.75. The highest BCUT2D eigenvalue weighted by molar-refractivity contribution is 7.13. The highest BCUT2D eigenvalue weighted by Crippen LogP contribution is 2.29. The van der Waals surface area contributed by atoms with Crippen molar-refractivity contribution in [2.24, 2.45) is 0 Å². The topological polar surface area (TPSA) is 59.2 Å². The first-order chi connectivity index (χ1) is 12.3. The number of benzene rings is 1. The van der Waals surface area contributed by atoms with Gasteiger partial charge in [-0.05, 0) is 29.9 Å². The molecule has 0 N–H and O–H groups in total. The molecule has 3 heterocycles. The van der Waals surface area contributed by atoms with E-state index in [1.165, 1.54) is 0 Å². The lowest BCUT2D eigenvalue weighted by atomic mass is 9.97. The quantitative estimate of drug-likeness (QED) is 0.717. The number of hydrogen-bond donors (Lipinski definition) is 0. The molecule has 25 heavy (non-hydrogen) atoms. The summed E-state index contributed by atoms with van der Waals surface area (Å²) < 4.78 is 5.48. The van der Waals surface area contributed by atoms with E-state index in [1.54, 1.807) is 11.3 Å². The molecule has 0 aliphatic carbocycles. The fourth-order valence-electron chi connectivity index (χ4n) is 3.19. The van der Waals surface area contributed by atoms with Gasteiger partial charge in [0, 0.05) is 13.1 Å². The molecule has 4 rings (SSSR count). The fraction of sp³-hybridized carbons (Fsp3) is 0.316. The molecule has 1 aliphatic heterocycles. The van der Waals surface area contributed by atoms with E-state index in [1.807, 2.05) is 52.7 Å². The van der Waals surface area contributed by atoms with Crippen molar-refractivity contribution in [3.63, 3.8) is 0 Å². The van der Waals surface area contributed by atoms with Gasteiger partial charge in [-0.2, -0.15) is 4.98 Å². The Morgan fingerprint density at radius 1 is 1.24 bits per heavy atom. The Balaban J connectivity index is 1.43. The number of hydrogen-bond acceptors (Lipinski definition) is 5. The molecular formula is C19H19N3O2S. The van der Waals surface area contributed by atoms with Crippen LogP contribution in [0.4, 0.5) is 0 Å². The number of likely N-dealkylation sites (tertiary alicyclic amines) is 1. The second kappa shape index (κ2) is 7.19. The predicted molar refractivity (Wildman–Crippen MR) is 96.3 cm³/mol. The van der Waals surface area contributed by atoms with Crippen molar-refractivity contribution < 1.29 is 9.32 Å². The maximum Gasteiger partial charge on any atom is 0.231 e. The second-order valence-corrected chi connectivity index (χ2v) is 7.22. The summed E-state index contributed by atoms with van der Waals surface area (Å²) in [5.74, 6) is 1.56. The average molecular weight is 353 g/mol. The minimum atomic E-state index is 0.120. The van der Waals surface area contributed by atoms with Crippen LogP contribution in [0.3, 0.4) is 0 Å². The van der Waals surface area contributed by atoms with Crippen molar-refractivity contribution in [1.29, 1.82) is 0 Å². The maximum atomic E-state index is 12.6. The first-order valence-electron chi connectivity index (χ1n) is 8.49. The number of thiophene rings is 1. The number of rotatable bonds is 4. The Morgan fingerprint density at radius 2 is 2.12 bits per heavy atom. The highest BCUT2D eigenvalue weighted by atomic mass is 32.1. The van der Waals surface area contributed by atoms with Gasteiger partial charge in [-0.25, -0.2) is 0 Å². The molecule has 128 valence electrons. The summed E-state index contributed by atoms with van der Waals surface area (Å²) in [6.45, 7) is 1.45. The van der Waals surface area contributed by atoms with Gasteiger partial charge in [0.15, 0.2) is 0 Å². The van der Waals surface area contributed by atoms with Crippen molar-refractivity contribution in [3.05, 3.63) is 59.3 Å². The summed E-state index contributed by atoms with van der Waals surface area (Å²) in [7, 11) is 0. The summed E-state index contributed by atoms with van der Waals surface area (Å²) in [6, 6.07) is 13.8. The van der Waals surface area contributed by atoms with E-state index in [9.17, 15) is 4.79 Å². The van der Waals surface area contributed by atoms with Crippen LogP contribution in [0, 0.1) is 0 Å². The van der Waals surface area contributed by atoms with Gasteiger partial charge < -0.3 is 9.42 Å². The Labute approximate surface area is 150 Å². The number of amides is 1. The van der Waals surface area contributed by atoms with Crippen LogP contribution >= 0.6 is 11.3 Å². The van der Waals surface area contributed by atoms with Crippen molar-refractivity contribution in [3.8, 4) is 10.7 Å². The number of carbonyl (C=O) groups is 1. The molecule has 1 atom stereocenters. The normalized spacial score (nSPS) is 17.6. The van der Waals surface area contributed by atoms with Gasteiger partial charge in [-0.3, -0.25) is 4.79 Å². The van der Waals surface area contributed by atoms with Crippen molar-refractivity contribution in [2.45, 2.75) is 25.2 Å². The van der Waals surface area contributed by atoms with Crippen LogP contribution in [0.25, 0.3) is 10.7 Å². The summed E-state index contributed by atoms with van der Waals surface area (Å²) >= 11 is 1.59. The van der Waals surface area contributed by atoms with E-state index >= 15 is 0 Å². The zero-order chi connectivity index (χ0) is 17.1. The zero-order valence-electron chi connectivity index (χ0n) is 13.8. The molecule has 0 radical (unpaired) electrons. The van der Waals surface area contributed by atoms with E-state index in [4.69, 9.17) is 4.52 Å². The molecule has 0 bridgehead atoms. The minimum absolute atomic E-state index is 0.120. The van der Waals surface area contributed by atoms with Crippen molar-refractivity contribution >= 4 is 17.2 Å². The Morgan fingerprint density at radius 3 is 2.92 bits per heavy atom. The highest BCUT2D eigenvalue weighted by Gasteiger charge is 2.28. The van der Waals surface area contributed by atoms with E-state index in [-0.39, 0.29) is 11.8 Å². The fourth-order valence-corrected chi connectivity index (χ4v) is 3.84. The third-order valence-electron chi connectivity index (χ3n) is 4.50. The smallest absolute Gasteiger partial charge is 0.231 e. The summed E-state index contributed by atoms with van der Waals surface area (Å²) in [5, 5.41) is 6.09. The third-order valence-corrected chi connectivity index (χ3v) is 5.37. The molecule has 2 aromatic heterocycles. The van der Waals surface area contributed by atoms with Crippen LogP contribution in [0.1, 0.15) is 30.2 Å². The van der Waals surface area contributed by atoms with Crippen LogP contribution in [-0.2, 0) is 11.2 Å². The number of carbonyl (C=O) groups excluding carboxylic acids is 1. The molecule has 3 aromatic rings. The second-order valence-electron chi connectivity index (χ2n) is 6.27. The first kappa shape index (κ1) is 16.0. The van der Waals surface area contributed by atoms with Crippen LogP contribution in [0.5, 0.6) is 0 Å². The monoisotopic (exact) mass is 353 g/mol. The molecule has 0 saturated carbocycles. The van der Waals surface area contributed by atoms with E-state index in [2.05, 4.69) is 10.1 Å². The average Bonchev–Trinajstić information content (AvgIpc) is 3.34. The summed E-state index contributed by atoms with van der Waals surface area (Å²) in [6.07, 6.45) is 2.38. The van der Waals surface area contributed by atoms with Gasteiger partial charge in [0.05, 0.1) is 17.2 Å². The Bertz CT molecular complexity index is 829. The lowest BCUT2D eigenvalue weighted by Crippen LogP contribution is -2.40. The summed E-state index contributed by atoms with van der Waals surface area (Å²) in [5.41, 5.74) is 1.05. The lowest BCUT2D eigenvalue weighted by molar-refractivity contribution is -0.131. The largest absolute Gasteiger partial charge is 0.342 e. The molecule has 1 unspecified atom stereocenters. The van der Waals surface area contributed by atoms with Crippen LogP contribution < -0.4 is 0 Å². The Kier molecular flexibility index (Phi) is 4.61. The minimum Gasteiger partial charge on any atom is -0.342 e. The molecule has 1 fully saturated rings. The molecule has 6 heteroatoms. The van der Waals surface area contributed by atoms with E-state index < -0.39 is 0 Å². The standard InChI is InChI=1S/C19H19N3O2S/c23-17(12-14-6-2-1-3-7-14)22-10-4-8-15(13-22)19-20-18(21-24-19)16-9-5-11-25-16/h1-3,5-7,9,11,15H,4,8,10,12-13H2. The van der Waals surface area contributed by atoms with Gasteiger partial charge in [-0.1, -0.05) is 41.6 Å². The maximum absolute atomic E-state index is 12.6. The van der Waals surface area contributed by atoms with Crippen molar-refractivity contribution in [2.75, 3.05) is 13.1 Å². The van der Waals surface area contributed by atoms with Gasteiger partial charge in [0.2, 0.25) is 17.6 Å². The van der Waals surface area contributed by atoms with E-state index in [0.717, 1.165) is 29.8 Å². The molecule has 5 nitrogen and oxygen atoms in total. The van der Waals surface area contributed by atoms with Gasteiger partial charge in [0.1, 0.15) is 0 Å². The van der Waals surface area contributed by atoms with Crippen LogP contribution in [0.2, 0.25) is 0 Å².